The Kier molecular flexibility index (Phi) is 22.0. The number of aliphatic carboxylic acids is 1. The Morgan fingerprint density at radius 3 is 1.36 bits per heavy atom. The van der Waals surface area contributed by atoms with Gasteiger partial charge in [0.2, 0.25) is 5.91 Å². The third-order valence-electron chi connectivity index (χ3n) is 12.9. The number of nitrogens with zero attached hydrogens (tertiary/aromatic N) is 3. The lowest BCUT2D eigenvalue weighted by Crippen LogP contribution is -2.61. The van der Waals surface area contributed by atoms with Crippen LogP contribution in [0.2, 0.25) is 10.0 Å². The van der Waals surface area contributed by atoms with Gasteiger partial charge in [0.15, 0.2) is 0 Å². The van der Waals surface area contributed by atoms with E-state index in [0.29, 0.717) is 36.2 Å². The van der Waals surface area contributed by atoms with Crippen molar-refractivity contribution in [1.82, 2.24) is 30.7 Å². The highest BCUT2D eigenvalue weighted by Crippen LogP contribution is 2.32. The minimum atomic E-state index is -1.12. The molecule has 4 aliphatic rings. The average Bonchev–Trinajstić information content (AvgIpc) is 3.30. The Morgan fingerprint density at radius 1 is 0.612 bits per heavy atom. The van der Waals surface area contributed by atoms with Gasteiger partial charge >= 0.3 is 18.2 Å². The van der Waals surface area contributed by atoms with Crippen LogP contribution in [0.25, 0.3) is 0 Å². The number of hydrogen-bond donors (Lipinski definition) is 6. The first-order valence-corrected chi connectivity index (χ1v) is 24.8. The number of aliphatic hydroxyl groups excluding tert-OH is 2. The van der Waals surface area contributed by atoms with E-state index in [4.69, 9.17) is 37.8 Å². The van der Waals surface area contributed by atoms with Crippen LogP contribution in [0.3, 0.4) is 0 Å². The fourth-order valence-electron chi connectivity index (χ4n) is 9.15. The molecule has 0 radical (unpaired) electrons. The summed E-state index contributed by atoms with van der Waals surface area (Å²) in [7, 11) is 0. The van der Waals surface area contributed by atoms with Gasteiger partial charge in [-0.25, -0.2) is 14.4 Å². The summed E-state index contributed by atoms with van der Waals surface area (Å²) < 4.78 is 10.5. The van der Waals surface area contributed by atoms with E-state index < -0.39 is 41.4 Å². The van der Waals surface area contributed by atoms with E-state index in [9.17, 15) is 29.4 Å². The molecule has 0 bridgehead atoms. The maximum atomic E-state index is 13.5. The van der Waals surface area contributed by atoms with E-state index in [1.54, 1.807) is 77.9 Å². The first-order valence-electron chi connectivity index (χ1n) is 24.1. The second kappa shape index (κ2) is 26.3. The van der Waals surface area contributed by atoms with Crippen LogP contribution < -0.4 is 16.0 Å². The molecule has 4 fully saturated rings. The molecule has 6 N–H and O–H groups in total. The molecule has 0 spiro atoms. The third-order valence-corrected chi connectivity index (χ3v) is 13.4. The van der Waals surface area contributed by atoms with Crippen molar-refractivity contribution in [3.8, 4) is 0 Å². The summed E-state index contributed by atoms with van der Waals surface area (Å²) in [4.78, 5) is 55.5. The largest absolute Gasteiger partial charge is 0.480 e. The van der Waals surface area contributed by atoms with E-state index in [1.165, 1.54) is 38.8 Å². The number of piperidine rings is 4. The van der Waals surface area contributed by atoms with Crippen molar-refractivity contribution in [2.75, 3.05) is 65.6 Å². The molecule has 0 aromatic heterocycles. The van der Waals surface area contributed by atoms with Crippen LogP contribution >= 0.6 is 23.2 Å². The molecule has 4 aliphatic heterocycles. The molecular weight excluding hydrogens is 899 g/mol. The number of hydrogen-bond acceptors (Lipinski definition) is 11. The number of likely N-dealkylation sites (tertiary alicyclic amines) is 3. The van der Waals surface area contributed by atoms with Crippen LogP contribution in [0.4, 0.5) is 9.59 Å². The molecule has 2 aromatic rings. The molecule has 6 rings (SSSR count). The van der Waals surface area contributed by atoms with Crippen LogP contribution in [0, 0.1) is 0 Å². The number of aliphatic hydroxyl groups is 2. The topological polar surface area (TPSA) is 193 Å². The normalized spacial score (nSPS) is 19.8. The number of ether oxygens (including phenoxy) is 2. The summed E-state index contributed by atoms with van der Waals surface area (Å²) in [6.45, 7) is 18.6. The lowest BCUT2D eigenvalue weighted by molar-refractivity contribution is -0.139. The molecule has 0 unspecified atom stereocenters. The highest BCUT2D eigenvalue weighted by molar-refractivity contribution is 6.30. The fourth-order valence-corrected chi connectivity index (χ4v) is 9.41. The Balaban J connectivity index is 0.000000243. The number of carbonyl (C=O) groups excluding carboxylic acids is 3. The first-order chi connectivity index (χ1) is 31.7. The number of carboxylic acids is 1. The van der Waals surface area contributed by atoms with E-state index in [0.717, 1.165) is 75.8 Å². The van der Waals surface area contributed by atoms with Gasteiger partial charge in [-0.3, -0.25) is 14.6 Å². The number of benzene rings is 2. The molecule has 67 heavy (non-hydrogen) atoms. The monoisotopic (exact) mass is 977 g/mol. The summed E-state index contributed by atoms with van der Waals surface area (Å²) in [6, 6.07) is 12.3. The van der Waals surface area contributed by atoms with Crippen molar-refractivity contribution in [1.29, 1.82) is 0 Å². The molecule has 17 heteroatoms. The van der Waals surface area contributed by atoms with E-state index in [-0.39, 0.29) is 30.0 Å². The molecule has 3 amide bonds. The fraction of sp³-hybridized carbons (Fsp3) is 0.680. The maximum Gasteiger partial charge on any atom is 0.408 e. The third kappa shape index (κ3) is 18.6. The summed E-state index contributed by atoms with van der Waals surface area (Å²) in [5, 5.41) is 38.7. The van der Waals surface area contributed by atoms with Gasteiger partial charge in [0.05, 0.1) is 13.2 Å². The van der Waals surface area contributed by atoms with Crippen molar-refractivity contribution >= 4 is 47.3 Å². The first kappa shape index (κ1) is 55.9. The number of amides is 3. The van der Waals surface area contributed by atoms with Crippen molar-refractivity contribution in [3.63, 3.8) is 0 Å². The van der Waals surface area contributed by atoms with Gasteiger partial charge in [-0.1, -0.05) is 60.3 Å². The standard InChI is InChI=1S/C25H38ClN3O4.C14H18ClNO4.C11H22N2O/c1-24(2,3)33-23(32)27-21(17-19-7-9-20(26)10-8-19)22(31)28-15-11-25(18-30,12-16-28)29-13-5-4-6-14-29;1-14(2,3)20-13(19)16-11(12(17)18)8-9-4-6-10(15)7-5-9;14-10-11(4-6-12-7-5-11)13-8-2-1-3-9-13/h7-10,21,30H,4-6,11-18H2,1-3H3,(H,27,32);4-7,11H,8H2,1-3H3,(H,16,19)(H,17,18);12,14H,1-10H2/t21-;11-;/m11./s1. The smallest absolute Gasteiger partial charge is 0.408 e. The minimum absolute atomic E-state index is 0.111. The minimum Gasteiger partial charge on any atom is -0.480 e. The highest BCUT2D eigenvalue weighted by Gasteiger charge is 2.42. The zero-order valence-corrected chi connectivity index (χ0v) is 42.2. The lowest BCUT2D eigenvalue weighted by atomic mass is 9.84. The Bertz CT molecular complexity index is 1830. The number of nitrogens with one attached hydrogen (secondary N) is 3. The SMILES string of the molecule is CC(C)(C)OC(=O)N[C@H](Cc1ccc(Cl)cc1)C(=O)N1CCC(CO)(N2CCCCC2)CC1.CC(C)(C)OC(=O)N[C@H](Cc1ccc(Cl)cc1)C(=O)O.OCC1(N2CCCCC2)CCNCC1. The molecule has 2 aromatic carbocycles. The van der Waals surface area contributed by atoms with Gasteiger partial charge in [0, 0.05) is 47.1 Å². The molecule has 15 nitrogen and oxygen atoms in total. The number of carboxylic acid groups (broad SMARTS) is 1. The molecule has 4 heterocycles. The van der Waals surface area contributed by atoms with Gasteiger partial charge < -0.3 is 45.6 Å². The van der Waals surface area contributed by atoms with Gasteiger partial charge in [0.1, 0.15) is 23.3 Å². The van der Waals surface area contributed by atoms with Crippen LogP contribution in [0.1, 0.15) is 117 Å². The molecule has 2 atom stereocenters. The van der Waals surface area contributed by atoms with Gasteiger partial charge in [-0.05, 0) is 168 Å². The molecular formula is C50H78Cl2N6O9. The summed E-state index contributed by atoms with van der Waals surface area (Å²) in [5.74, 6) is -1.24. The second-order valence-electron chi connectivity index (χ2n) is 20.3. The molecule has 0 saturated carbocycles. The maximum absolute atomic E-state index is 13.5. The van der Waals surface area contributed by atoms with Crippen LogP contribution in [0.15, 0.2) is 48.5 Å². The quantitative estimate of drug-likeness (QED) is 0.127. The number of halogens is 2. The predicted octanol–water partition coefficient (Wildman–Crippen LogP) is 7.06. The van der Waals surface area contributed by atoms with Gasteiger partial charge in [-0.15, -0.1) is 0 Å². The van der Waals surface area contributed by atoms with Gasteiger partial charge in [-0.2, -0.15) is 0 Å². The summed E-state index contributed by atoms with van der Waals surface area (Å²) >= 11 is 11.8. The predicted molar refractivity (Wildman–Crippen MR) is 263 cm³/mol. The van der Waals surface area contributed by atoms with Gasteiger partial charge in [0.25, 0.3) is 0 Å². The Hall–Kier alpha value is -3.70. The van der Waals surface area contributed by atoms with Crippen LogP contribution in [0.5, 0.6) is 0 Å². The number of rotatable bonds is 12. The second-order valence-corrected chi connectivity index (χ2v) is 21.2. The highest BCUT2D eigenvalue weighted by atomic mass is 35.5. The summed E-state index contributed by atoms with van der Waals surface area (Å²) in [6.07, 6.45) is 10.4. The Morgan fingerprint density at radius 2 is 0.985 bits per heavy atom. The summed E-state index contributed by atoms with van der Waals surface area (Å²) in [5.41, 5.74) is 0.209. The Labute approximate surface area is 408 Å². The van der Waals surface area contributed by atoms with Crippen LogP contribution in [-0.2, 0) is 31.9 Å². The van der Waals surface area contributed by atoms with Crippen molar-refractivity contribution in [2.24, 2.45) is 0 Å². The number of carbonyl (C=O) groups is 4. The average molecular weight is 978 g/mol. The van der Waals surface area contributed by atoms with E-state index >= 15 is 0 Å². The van der Waals surface area contributed by atoms with E-state index in [2.05, 4.69) is 25.8 Å². The lowest BCUT2D eigenvalue weighted by Gasteiger charge is -2.49. The van der Waals surface area contributed by atoms with Crippen molar-refractivity contribution < 1.29 is 44.0 Å². The molecule has 4 saturated heterocycles. The molecule has 376 valence electrons. The van der Waals surface area contributed by atoms with Crippen molar-refractivity contribution in [2.45, 2.75) is 153 Å². The molecule has 0 aliphatic carbocycles. The number of alkyl carbamates (subject to hydrolysis) is 2. The zero-order valence-electron chi connectivity index (χ0n) is 40.7. The van der Waals surface area contributed by atoms with Crippen molar-refractivity contribution in [3.05, 3.63) is 69.7 Å². The van der Waals surface area contributed by atoms with E-state index in [1.807, 2.05) is 17.0 Å². The van der Waals surface area contributed by atoms with Crippen LogP contribution in [-0.4, -0.2) is 154 Å². The zero-order chi connectivity index (χ0) is 49.3.